The van der Waals surface area contributed by atoms with Crippen molar-refractivity contribution in [3.63, 3.8) is 0 Å². The van der Waals surface area contributed by atoms with Crippen LogP contribution in [0.15, 0.2) is 0 Å². The van der Waals surface area contributed by atoms with Gasteiger partial charge in [-0.05, 0) is 33.6 Å². The molecule has 0 aromatic carbocycles. The zero-order valence-electron chi connectivity index (χ0n) is 12.8. The number of carbonyl (C=O) groups is 1. The van der Waals surface area contributed by atoms with E-state index in [2.05, 4.69) is 0 Å². The lowest BCUT2D eigenvalue weighted by Crippen LogP contribution is -2.44. The molecule has 2 heterocycles. The van der Waals surface area contributed by atoms with E-state index in [1.165, 1.54) is 0 Å². The Balaban J connectivity index is 2.19. The first-order chi connectivity index (χ1) is 10.1. The molecule has 8 heteroatoms. The molecular weight excluding hydrogens is 313 g/mol. The Bertz CT molecular complexity index is 411. The van der Waals surface area contributed by atoms with Crippen molar-refractivity contribution in [2.75, 3.05) is 25.6 Å². The number of hydrogen-bond acceptors (Lipinski definition) is 7. The lowest BCUT2D eigenvalue weighted by atomic mass is 10.3. The fourth-order valence-electron chi connectivity index (χ4n) is 2.97. The molecule has 0 spiro atoms. The number of esters is 1. The molecule has 0 amide bonds. The van der Waals surface area contributed by atoms with Gasteiger partial charge in [0, 0.05) is 5.75 Å². The summed E-state index contributed by atoms with van der Waals surface area (Å²) in [5.41, 5.74) is 0. The highest BCUT2D eigenvalue weighted by Crippen LogP contribution is 2.61. The molecule has 3 atom stereocenters. The van der Waals surface area contributed by atoms with E-state index in [-0.39, 0.29) is 23.2 Å². The van der Waals surface area contributed by atoms with E-state index in [1.807, 2.05) is 4.90 Å². The van der Waals surface area contributed by atoms with Gasteiger partial charge in [0.05, 0.1) is 25.2 Å². The Labute approximate surface area is 130 Å². The third-order valence-corrected chi connectivity index (χ3v) is 7.56. The average molecular weight is 337 g/mol. The second-order valence-corrected chi connectivity index (χ2v) is 8.34. The number of nitrogens with zero attached hydrogens (tertiary/aromatic N) is 1. The van der Waals surface area contributed by atoms with E-state index < -0.39 is 7.60 Å². The van der Waals surface area contributed by atoms with Crippen molar-refractivity contribution in [1.29, 1.82) is 0 Å². The number of carbonyl (C=O) groups excluding carboxylic acids is 1. The molecule has 21 heavy (non-hydrogen) atoms. The lowest BCUT2D eigenvalue weighted by Gasteiger charge is -2.32. The Morgan fingerprint density at radius 1 is 1.19 bits per heavy atom. The topological polar surface area (TPSA) is 65.1 Å². The minimum atomic E-state index is -3.23. The molecule has 0 N–H and O–H groups in total. The summed E-state index contributed by atoms with van der Waals surface area (Å²) in [7, 11) is -3.23. The zero-order chi connectivity index (χ0) is 15.5. The predicted molar refractivity (Wildman–Crippen MR) is 82.4 cm³/mol. The van der Waals surface area contributed by atoms with Gasteiger partial charge >= 0.3 is 13.6 Å². The van der Waals surface area contributed by atoms with Crippen molar-refractivity contribution in [1.82, 2.24) is 4.90 Å². The fourth-order valence-corrected chi connectivity index (χ4v) is 6.79. The van der Waals surface area contributed by atoms with Crippen LogP contribution in [-0.4, -0.2) is 53.6 Å². The van der Waals surface area contributed by atoms with Crippen LogP contribution in [0.25, 0.3) is 0 Å². The second kappa shape index (κ2) is 7.47. The van der Waals surface area contributed by atoms with Gasteiger partial charge in [-0.15, -0.1) is 11.8 Å². The normalized spacial score (nSPS) is 29.6. The standard InChI is InChI=1S/C13H24NO5PS/c1-4-17-13(15)10-9-21-12-8-7-11(14(10)12)20(16,18-5-2)19-6-3/h10-12H,4-9H2,1-3H3. The van der Waals surface area contributed by atoms with Crippen LogP contribution in [0.5, 0.6) is 0 Å². The molecule has 2 fully saturated rings. The van der Waals surface area contributed by atoms with E-state index >= 15 is 0 Å². The number of thioether (sulfide) groups is 1. The van der Waals surface area contributed by atoms with Crippen LogP contribution in [0.2, 0.25) is 0 Å². The molecule has 6 nitrogen and oxygen atoms in total. The van der Waals surface area contributed by atoms with Gasteiger partial charge in [-0.2, -0.15) is 0 Å². The van der Waals surface area contributed by atoms with Crippen molar-refractivity contribution in [3.05, 3.63) is 0 Å². The molecule has 0 aromatic rings. The van der Waals surface area contributed by atoms with Gasteiger partial charge in [-0.3, -0.25) is 14.3 Å². The third kappa shape index (κ3) is 3.48. The number of fused-ring (bicyclic) bond motifs is 1. The molecule has 2 rings (SSSR count). The SMILES string of the molecule is CCOC(=O)C1CSC2CCC(P(=O)(OCC)OCC)N21. The van der Waals surface area contributed by atoms with Gasteiger partial charge in [0.15, 0.2) is 0 Å². The first-order valence-corrected chi connectivity index (χ1v) is 10.2. The first kappa shape index (κ1) is 17.3. The summed E-state index contributed by atoms with van der Waals surface area (Å²) in [6, 6.07) is -0.346. The van der Waals surface area contributed by atoms with E-state index in [4.69, 9.17) is 13.8 Å². The van der Waals surface area contributed by atoms with Crippen molar-refractivity contribution in [2.45, 2.75) is 50.8 Å². The third-order valence-electron chi connectivity index (χ3n) is 3.70. The van der Waals surface area contributed by atoms with E-state index in [0.29, 0.717) is 25.6 Å². The van der Waals surface area contributed by atoms with Crippen molar-refractivity contribution < 1.29 is 23.1 Å². The summed E-state index contributed by atoms with van der Waals surface area (Å²) in [6.45, 7) is 6.44. The lowest BCUT2D eigenvalue weighted by molar-refractivity contribution is -0.148. The maximum Gasteiger partial charge on any atom is 0.347 e. The first-order valence-electron chi connectivity index (χ1n) is 7.51. The van der Waals surface area contributed by atoms with Crippen molar-refractivity contribution in [2.24, 2.45) is 0 Å². The Morgan fingerprint density at radius 3 is 2.43 bits per heavy atom. The summed E-state index contributed by atoms with van der Waals surface area (Å²) in [5, 5.41) is 0.207. The maximum absolute atomic E-state index is 13.0. The van der Waals surface area contributed by atoms with Crippen molar-refractivity contribution in [3.8, 4) is 0 Å². The van der Waals surface area contributed by atoms with Gasteiger partial charge in [0.25, 0.3) is 0 Å². The molecule has 2 aliphatic rings. The van der Waals surface area contributed by atoms with Crippen LogP contribution >= 0.6 is 19.4 Å². The second-order valence-electron chi connectivity index (χ2n) is 4.94. The van der Waals surface area contributed by atoms with Gasteiger partial charge in [-0.25, -0.2) is 0 Å². The molecule has 122 valence electrons. The molecule has 0 bridgehead atoms. The summed E-state index contributed by atoms with van der Waals surface area (Å²) in [4.78, 5) is 14.1. The van der Waals surface area contributed by atoms with Crippen LogP contribution in [0.3, 0.4) is 0 Å². The van der Waals surface area contributed by atoms with Crippen LogP contribution in [0.1, 0.15) is 33.6 Å². The van der Waals surface area contributed by atoms with Crippen LogP contribution in [-0.2, 0) is 23.1 Å². The molecule has 0 radical (unpaired) electrons. The smallest absolute Gasteiger partial charge is 0.347 e. The number of rotatable bonds is 7. The van der Waals surface area contributed by atoms with E-state index in [0.717, 1.165) is 12.8 Å². The highest BCUT2D eigenvalue weighted by Gasteiger charge is 2.54. The maximum atomic E-state index is 13.0. The predicted octanol–water partition coefficient (Wildman–Crippen LogP) is 2.68. The van der Waals surface area contributed by atoms with E-state index in [1.54, 1.807) is 32.5 Å². The average Bonchev–Trinajstić information content (AvgIpc) is 3.00. The van der Waals surface area contributed by atoms with Gasteiger partial charge < -0.3 is 13.8 Å². The number of ether oxygens (including phenoxy) is 1. The fraction of sp³-hybridized carbons (Fsp3) is 0.923. The highest BCUT2D eigenvalue weighted by atomic mass is 32.2. The van der Waals surface area contributed by atoms with Crippen molar-refractivity contribution >= 4 is 25.3 Å². The summed E-state index contributed by atoms with van der Waals surface area (Å²) < 4.78 is 29.1. The van der Waals surface area contributed by atoms with Crippen LogP contribution in [0.4, 0.5) is 0 Å². The molecule has 3 unspecified atom stereocenters. The summed E-state index contributed by atoms with van der Waals surface area (Å²) in [5.74, 6) is 0.101. The summed E-state index contributed by atoms with van der Waals surface area (Å²) in [6.07, 6.45) is 1.63. The minimum absolute atomic E-state index is 0.207. The van der Waals surface area contributed by atoms with Gasteiger partial charge in [-0.1, -0.05) is 0 Å². The van der Waals surface area contributed by atoms with Gasteiger partial charge in [0.1, 0.15) is 11.8 Å². The molecule has 2 aliphatic heterocycles. The van der Waals surface area contributed by atoms with E-state index in [9.17, 15) is 9.36 Å². The largest absolute Gasteiger partial charge is 0.465 e. The molecule has 0 aromatic heterocycles. The highest BCUT2D eigenvalue weighted by molar-refractivity contribution is 8.00. The molecule has 0 saturated carbocycles. The summed E-state index contributed by atoms with van der Waals surface area (Å²) >= 11 is 1.72. The molecule has 2 saturated heterocycles. The van der Waals surface area contributed by atoms with Gasteiger partial charge in [0.2, 0.25) is 0 Å². The zero-order valence-corrected chi connectivity index (χ0v) is 14.5. The molecular formula is C13H24NO5PS. The minimum Gasteiger partial charge on any atom is -0.465 e. The number of hydrogen-bond donors (Lipinski definition) is 0. The monoisotopic (exact) mass is 337 g/mol. The molecule has 0 aliphatic carbocycles. The Morgan fingerprint density at radius 2 is 1.86 bits per heavy atom. The quantitative estimate of drug-likeness (QED) is 0.523. The van der Waals surface area contributed by atoms with Crippen LogP contribution < -0.4 is 0 Å². The Hall–Kier alpha value is -0.0700. The van der Waals surface area contributed by atoms with Crippen LogP contribution in [0, 0.1) is 0 Å². The Kier molecular flexibility index (Phi) is 6.15.